The first-order chi connectivity index (χ1) is 10.9. The molecule has 0 aromatic heterocycles. The lowest BCUT2D eigenvalue weighted by atomic mass is 10.0. The molecule has 2 aromatic carbocycles. The Bertz CT molecular complexity index is 666. The van der Waals surface area contributed by atoms with Gasteiger partial charge in [0.15, 0.2) is 0 Å². The maximum Gasteiger partial charge on any atom is 0.246 e. The summed E-state index contributed by atoms with van der Waals surface area (Å²) in [4.78, 5) is 14.3. The van der Waals surface area contributed by atoms with Crippen molar-refractivity contribution in [3.63, 3.8) is 0 Å². The van der Waals surface area contributed by atoms with E-state index in [0.29, 0.717) is 5.69 Å². The Hall–Kier alpha value is -1.91. The first kappa shape index (κ1) is 17.4. The minimum atomic E-state index is -0.811. The Morgan fingerprint density at radius 2 is 1.87 bits per heavy atom. The molecule has 0 fully saturated rings. The number of hydrogen-bond donors (Lipinski definition) is 1. The van der Waals surface area contributed by atoms with Crippen molar-refractivity contribution < 1.29 is 9.18 Å². The maximum atomic E-state index is 14.2. The molecule has 0 aliphatic heterocycles. The number of halogens is 2. The number of carbonyl (C=O) groups excluding carboxylic acids is 1. The van der Waals surface area contributed by atoms with Gasteiger partial charge >= 0.3 is 0 Å². The van der Waals surface area contributed by atoms with Gasteiger partial charge in [0.1, 0.15) is 11.9 Å². The Morgan fingerprint density at radius 1 is 1.22 bits per heavy atom. The number of rotatable bonds is 5. The zero-order valence-electron chi connectivity index (χ0n) is 13.4. The molecule has 5 heteroatoms. The average molecular weight is 335 g/mol. The molecule has 1 amide bonds. The zero-order valence-corrected chi connectivity index (χ0v) is 14.2. The number of benzene rings is 2. The van der Waals surface area contributed by atoms with Crippen molar-refractivity contribution in [3.8, 4) is 0 Å². The van der Waals surface area contributed by atoms with Gasteiger partial charge in [-0.25, -0.2) is 4.39 Å². The molecule has 122 valence electrons. The summed E-state index contributed by atoms with van der Waals surface area (Å²) in [6.07, 6.45) is 0.930. The maximum absolute atomic E-state index is 14.2. The number of nitrogens with one attached hydrogen (secondary N) is 1. The highest BCUT2D eigenvalue weighted by molar-refractivity contribution is 6.31. The molecule has 0 radical (unpaired) electrons. The van der Waals surface area contributed by atoms with Crippen molar-refractivity contribution >= 4 is 23.2 Å². The molecule has 0 heterocycles. The first-order valence-electron chi connectivity index (χ1n) is 7.44. The number of amides is 1. The monoisotopic (exact) mass is 334 g/mol. The molecule has 2 aromatic rings. The number of carbonyl (C=O) groups is 1. The molecule has 1 atom stereocenters. The van der Waals surface area contributed by atoms with Crippen LogP contribution in [0.15, 0.2) is 42.5 Å². The van der Waals surface area contributed by atoms with Crippen LogP contribution in [0.1, 0.15) is 24.1 Å². The molecular formula is C18H20ClFN2O. The first-order valence-corrected chi connectivity index (χ1v) is 7.82. The second kappa shape index (κ2) is 7.57. The number of anilines is 1. The van der Waals surface area contributed by atoms with Crippen LogP contribution in [-0.2, 0) is 11.2 Å². The number of aryl methyl sites for hydroxylation is 1. The van der Waals surface area contributed by atoms with Crippen LogP contribution in [0.2, 0.25) is 5.02 Å². The normalized spacial score (nSPS) is 12.3. The molecular weight excluding hydrogens is 315 g/mol. The predicted octanol–water partition coefficient (Wildman–Crippen LogP) is 4.28. The highest BCUT2D eigenvalue weighted by atomic mass is 35.5. The van der Waals surface area contributed by atoms with Crippen molar-refractivity contribution in [2.75, 3.05) is 19.4 Å². The van der Waals surface area contributed by atoms with E-state index in [4.69, 9.17) is 11.6 Å². The summed E-state index contributed by atoms with van der Waals surface area (Å²) in [7, 11) is 3.43. The quantitative estimate of drug-likeness (QED) is 0.885. The second-order valence-electron chi connectivity index (χ2n) is 5.54. The molecule has 2 rings (SSSR count). The fourth-order valence-electron chi connectivity index (χ4n) is 2.43. The summed E-state index contributed by atoms with van der Waals surface area (Å²) < 4.78 is 14.2. The van der Waals surface area contributed by atoms with E-state index in [9.17, 15) is 9.18 Å². The summed E-state index contributed by atoms with van der Waals surface area (Å²) in [5.41, 5.74) is 2.04. The lowest BCUT2D eigenvalue weighted by molar-refractivity contribution is -0.120. The smallest absolute Gasteiger partial charge is 0.246 e. The predicted molar refractivity (Wildman–Crippen MR) is 92.3 cm³/mol. The van der Waals surface area contributed by atoms with E-state index in [1.54, 1.807) is 25.1 Å². The highest BCUT2D eigenvalue weighted by Crippen LogP contribution is 2.30. The Morgan fingerprint density at radius 3 is 2.39 bits per heavy atom. The molecule has 0 spiro atoms. The van der Waals surface area contributed by atoms with Crippen LogP contribution in [0.3, 0.4) is 0 Å². The van der Waals surface area contributed by atoms with Gasteiger partial charge in [0.2, 0.25) is 5.91 Å². The molecule has 0 saturated heterocycles. The second-order valence-corrected chi connectivity index (χ2v) is 5.95. The highest BCUT2D eigenvalue weighted by Gasteiger charge is 2.28. The van der Waals surface area contributed by atoms with Crippen molar-refractivity contribution in [1.29, 1.82) is 0 Å². The van der Waals surface area contributed by atoms with Crippen molar-refractivity contribution in [2.45, 2.75) is 19.4 Å². The summed E-state index contributed by atoms with van der Waals surface area (Å²) in [6, 6.07) is 11.2. The van der Waals surface area contributed by atoms with Crippen LogP contribution >= 0.6 is 11.6 Å². The SMILES string of the molecule is CCc1ccc(NC(=O)C(c2c(F)cccc2Cl)N(C)C)cc1. The van der Waals surface area contributed by atoms with E-state index in [1.165, 1.54) is 17.7 Å². The van der Waals surface area contributed by atoms with Gasteiger partial charge in [0, 0.05) is 16.3 Å². The molecule has 0 aliphatic carbocycles. The fourth-order valence-corrected chi connectivity index (χ4v) is 2.70. The number of nitrogens with zero attached hydrogens (tertiary/aromatic N) is 1. The molecule has 3 nitrogen and oxygen atoms in total. The zero-order chi connectivity index (χ0) is 17.0. The standard InChI is InChI=1S/C18H20ClFN2O/c1-4-12-8-10-13(11-9-12)21-18(23)17(22(2)3)16-14(19)6-5-7-15(16)20/h5-11,17H,4H2,1-3H3,(H,21,23). The van der Waals surface area contributed by atoms with Crippen LogP contribution in [0.5, 0.6) is 0 Å². The van der Waals surface area contributed by atoms with Crippen LogP contribution in [-0.4, -0.2) is 24.9 Å². The van der Waals surface area contributed by atoms with Crippen LogP contribution in [0, 0.1) is 5.82 Å². The van der Waals surface area contributed by atoms with Crippen LogP contribution in [0.4, 0.5) is 10.1 Å². The molecule has 23 heavy (non-hydrogen) atoms. The van der Waals surface area contributed by atoms with Crippen molar-refractivity contribution in [3.05, 3.63) is 64.4 Å². The summed E-state index contributed by atoms with van der Waals surface area (Å²) in [6.45, 7) is 2.07. The van der Waals surface area contributed by atoms with Crippen molar-refractivity contribution in [1.82, 2.24) is 4.90 Å². The van der Waals surface area contributed by atoms with Gasteiger partial charge < -0.3 is 5.32 Å². The average Bonchev–Trinajstić information content (AvgIpc) is 2.51. The van der Waals surface area contributed by atoms with Crippen molar-refractivity contribution in [2.24, 2.45) is 0 Å². The van der Waals surface area contributed by atoms with E-state index in [-0.39, 0.29) is 16.5 Å². The van der Waals surface area contributed by atoms with Gasteiger partial charge in [-0.15, -0.1) is 0 Å². The lowest BCUT2D eigenvalue weighted by Gasteiger charge is -2.25. The third-order valence-electron chi connectivity index (χ3n) is 3.67. The van der Waals surface area contributed by atoms with Gasteiger partial charge in [-0.2, -0.15) is 0 Å². The largest absolute Gasteiger partial charge is 0.324 e. The minimum Gasteiger partial charge on any atom is -0.324 e. The topological polar surface area (TPSA) is 32.3 Å². The van der Waals surface area contributed by atoms with Gasteiger partial charge in [-0.05, 0) is 50.3 Å². The van der Waals surface area contributed by atoms with E-state index >= 15 is 0 Å². The summed E-state index contributed by atoms with van der Waals surface area (Å²) in [5, 5.41) is 3.06. The van der Waals surface area contributed by atoms with E-state index in [0.717, 1.165) is 6.42 Å². The van der Waals surface area contributed by atoms with Crippen LogP contribution < -0.4 is 5.32 Å². The Kier molecular flexibility index (Phi) is 5.74. The van der Waals surface area contributed by atoms with Gasteiger partial charge in [-0.1, -0.05) is 36.7 Å². The summed E-state index contributed by atoms with van der Waals surface area (Å²) in [5.74, 6) is -0.820. The lowest BCUT2D eigenvalue weighted by Crippen LogP contribution is -2.33. The van der Waals surface area contributed by atoms with Crippen LogP contribution in [0.25, 0.3) is 0 Å². The van der Waals surface area contributed by atoms with Gasteiger partial charge in [0.25, 0.3) is 0 Å². The van der Waals surface area contributed by atoms with Gasteiger partial charge in [0.05, 0.1) is 0 Å². The molecule has 0 bridgehead atoms. The molecule has 0 aliphatic rings. The third-order valence-corrected chi connectivity index (χ3v) is 4.00. The molecule has 1 N–H and O–H groups in total. The van der Waals surface area contributed by atoms with E-state index < -0.39 is 11.9 Å². The molecule has 1 unspecified atom stereocenters. The minimum absolute atomic E-state index is 0.182. The summed E-state index contributed by atoms with van der Waals surface area (Å²) >= 11 is 6.11. The van der Waals surface area contributed by atoms with Gasteiger partial charge in [-0.3, -0.25) is 9.69 Å². The van der Waals surface area contributed by atoms with E-state index in [1.807, 2.05) is 24.3 Å². The Labute approximate surface area is 141 Å². The molecule has 0 saturated carbocycles. The number of likely N-dealkylation sites (N-methyl/N-ethyl adjacent to an activating group) is 1. The van der Waals surface area contributed by atoms with E-state index in [2.05, 4.69) is 12.2 Å². The number of hydrogen-bond acceptors (Lipinski definition) is 2. The Balaban J connectivity index is 2.28. The fraction of sp³-hybridized carbons (Fsp3) is 0.278. The third kappa shape index (κ3) is 4.09.